The highest BCUT2D eigenvalue weighted by molar-refractivity contribution is 8.00. The number of carbonyl (C=O) groups is 2. The molecule has 1 aliphatic rings. The number of thioether (sulfide) groups is 1. The first kappa shape index (κ1) is 17.2. The number of anilines is 1. The number of amides is 1. The largest absolute Gasteiger partial charge is 0.301 e. The van der Waals surface area contributed by atoms with Crippen molar-refractivity contribution in [3.8, 4) is 11.1 Å². The zero-order valence-electron chi connectivity index (χ0n) is 14.6. The van der Waals surface area contributed by atoms with Gasteiger partial charge >= 0.3 is 0 Å². The Kier molecular flexibility index (Phi) is 4.22. The molecule has 1 heterocycles. The van der Waals surface area contributed by atoms with E-state index in [-0.39, 0.29) is 17.4 Å². The van der Waals surface area contributed by atoms with Crippen LogP contribution in [0.4, 0.5) is 5.13 Å². The van der Waals surface area contributed by atoms with E-state index in [1.807, 2.05) is 53.9 Å². The van der Waals surface area contributed by atoms with Crippen molar-refractivity contribution in [2.45, 2.75) is 4.90 Å². The minimum absolute atomic E-state index is 0.0531. The van der Waals surface area contributed by atoms with Crippen molar-refractivity contribution in [1.82, 2.24) is 4.98 Å². The summed E-state index contributed by atoms with van der Waals surface area (Å²) in [5, 5.41) is 7.20. The first-order chi connectivity index (χ1) is 13.7. The predicted octanol–water partition coefficient (Wildman–Crippen LogP) is 5.24. The van der Waals surface area contributed by atoms with E-state index in [9.17, 15) is 9.59 Å². The second kappa shape index (κ2) is 6.89. The number of fused-ring (bicyclic) bond motifs is 2. The number of aromatic nitrogens is 1. The van der Waals surface area contributed by atoms with Crippen LogP contribution in [-0.2, 0) is 4.79 Å². The van der Waals surface area contributed by atoms with Crippen molar-refractivity contribution in [2.24, 2.45) is 0 Å². The average Bonchev–Trinajstić information content (AvgIpc) is 3.23. The highest BCUT2D eigenvalue weighted by atomic mass is 32.2. The van der Waals surface area contributed by atoms with Gasteiger partial charge in [-0.25, -0.2) is 4.98 Å². The van der Waals surface area contributed by atoms with E-state index in [1.165, 1.54) is 23.1 Å². The van der Waals surface area contributed by atoms with E-state index >= 15 is 0 Å². The molecule has 4 aromatic rings. The van der Waals surface area contributed by atoms with Gasteiger partial charge in [0.2, 0.25) is 5.91 Å². The van der Waals surface area contributed by atoms with Crippen molar-refractivity contribution in [2.75, 3.05) is 11.1 Å². The lowest BCUT2D eigenvalue weighted by Gasteiger charge is -2.21. The molecule has 0 saturated carbocycles. The van der Waals surface area contributed by atoms with Gasteiger partial charge in [-0.05, 0) is 22.6 Å². The van der Waals surface area contributed by atoms with Gasteiger partial charge in [0.15, 0.2) is 10.9 Å². The van der Waals surface area contributed by atoms with Crippen LogP contribution in [-0.4, -0.2) is 22.4 Å². The first-order valence-electron chi connectivity index (χ1n) is 8.74. The molecule has 0 unspecified atom stereocenters. The van der Waals surface area contributed by atoms with Crippen molar-refractivity contribution in [1.29, 1.82) is 0 Å². The van der Waals surface area contributed by atoms with Crippen LogP contribution in [0.2, 0.25) is 0 Å². The second-order valence-electron chi connectivity index (χ2n) is 6.39. The number of nitrogens with zero attached hydrogens (tertiary/aromatic N) is 1. The molecule has 136 valence electrons. The number of nitrogens with one attached hydrogen (secondary N) is 1. The van der Waals surface area contributed by atoms with E-state index in [1.54, 1.807) is 6.20 Å². The monoisotopic (exact) mass is 402 g/mol. The number of carbonyl (C=O) groups excluding carboxylic acids is 2. The fraction of sp³-hybridized carbons (Fsp3) is 0.0455. The van der Waals surface area contributed by atoms with Crippen molar-refractivity contribution in [3.63, 3.8) is 0 Å². The Balaban J connectivity index is 1.52. The maximum absolute atomic E-state index is 13.0. The molecule has 1 amide bonds. The van der Waals surface area contributed by atoms with Crippen LogP contribution < -0.4 is 5.32 Å². The van der Waals surface area contributed by atoms with Gasteiger partial charge in [0.25, 0.3) is 0 Å². The van der Waals surface area contributed by atoms with Gasteiger partial charge in [-0.3, -0.25) is 9.59 Å². The SMILES string of the molecule is O=C(CSc1ccc2c3c(cccc13)C(=O)c1ccccc1-2)Nc1nccs1. The van der Waals surface area contributed by atoms with Gasteiger partial charge in [0, 0.05) is 33.0 Å². The number of thiazole rings is 1. The Hall–Kier alpha value is -2.96. The third-order valence-corrected chi connectivity index (χ3v) is 6.51. The molecule has 1 aliphatic carbocycles. The normalized spacial score (nSPS) is 12.1. The smallest absolute Gasteiger partial charge is 0.236 e. The summed E-state index contributed by atoms with van der Waals surface area (Å²) >= 11 is 2.86. The Morgan fingerprint density at radius 2 is 1.79 bits per heavy atom. The first-order valence-corrected chi connectivity index (χ1v) is 10.6. The number of benzene rings is 3. The summed E-state index contributed by atoms with van der Waals surface area (Å²) in [5.41, 5.74) is 3.50. The van der Waals surface area contributed by atoms with E-state index in [2.05, 4.69) is 16.4 Å². The number of rotatable bonds is 4. The molecular weight excluding hydrogens is 388 g/mol. The molecule has 5 rings (SSSR count). The zero-order chi connectivity index (χ0) is 19.1. The Labute approximate surface area is 169 Å². The second-order valence-corrected chi connectivity index (χ2v) is 8.30. The topological polar surface area (TPSA) is 59.1 Å². The average molecular weight is 403 g/mol. The van der Waals surface area contributed by atoms with Crippen LogP contribution in [0.1, 0.15) is 15.9 Å². The molecule has 0 radical (unpaired) electrons. The lowest BCUT2D eigenvalue weighted by molar-refractivity contribution is -0.113. The van der Waals surface area contributed by atoms with E-state index in [0.29, 0.717) is 5.13 Å². The molecule has 6 heteroatoms. The molecule has 28 heavy (non-hydrogen) atoms. The van der Waals surface area contributed by atoms with E-state index < -0.39 is 0 Å². The Bertz CT molecular complexity index is 1230. The molecule has 0 fully saturated rings. The maximum atomic E-state index is 13.0. The summed E-state index contributed by atoms with van der Waals surface area (Å²) in [7, 11) is 0. The highest BCUT2D eigenvalue weighted by Gasteiger charge is 2.25. The lowest BCUT2D eigenvalue weighted by atomic mass is 9.83. The van der Waals surface area contributed by atoms with Crippen molar-refractivity contribution < 1.29 is 9.59 Å². The number of ketones is 1. The summed E-state index contributed by atoms with van der Waals surface area (Å²) < 4.78 is 0. The molecule has 0 spiro atoms. The molecule has 3 aromatic carbocycles. The van der Waals surface area contributed by atoms with Crippen molar-refractivity contribution >= 4 is 50.7 Å². The Morgan fingerprint density at radius 1 is 0.964 bits per heavy atom. The summed E-state index contributed by atoms with van der Waals surface area (Å²) in [6.07, 6.45) is 1.66. The van der Waals surface area contributed by atoms with Crippen LogP contribution in [0.3, 0.4) is 0 Å². The molecular formula is C22H14N2O2S2. The predicted molar refractivity (Wildman–Crippen MR) is 114 cm³/mol. The molecule has 0 bridgehead atoms. The number of hydrogen-bond acceptors (Lipinski definition) is 5. The van der Waals surface area contributed by atoms with Crippen LogP contribution in [0.15, 0.2) is 71.1 Å². The van der Waals surface area contributed by atoms with Crippen LogP contribution in [0, 0.1) is 0 Å². The summed E-state index contributed by atoms with van der Waals surface area (Å²) in [4.78, 5) is 30.3. The van der Waals surface area contributed by atoms with Gasteiger partial charge in [0.1, 0.15) is 0 Å². The minimum atomic E-state index is -0.0955. The maximum Gasteiger partial charge on any atom is 0.236 e. The quantitative estimate of drug-likeness (QED) is 0.418. The van der Waals surface area contributed by atoms with Crippen molar-refractivity contribution in [3.05, 3.63) is 77.3 Å². The molecule has 0 saturated heterocycles. The summed E-state index contributed by atoms with van der Waals surface area (Å²) in [5.74, 6) is 0.238. The van der Waals surface area contributed by atoms with Gasteiger partial charge in [0.05, 0.1) is 5.75 Å². The molecule has 1 N–H and O–H groups in total. The summed E-state index contributed by atoms with van der Waals surface area (Å²) in [6.45, 7) is 0. The highest BCUT2D eigenvalue weighted by Crippen LogP contribution is 2.42. The van der Waals surface area contributed by atoms with Crippen LogP contribution in [0.25, 0.3) is 21.9 Å². The van der Waals surface area contributed by atoms with Crippen LogP contribution >= 0.6 is 23.1 Å². The van der Waals surface area contributed by atoms with Crippen LogP contribution in [0.5, 0.6) is 0 Å². The Morgan fingerprint density at radius 3 is 2.61 bits per heavy atom. The van der Waals surface area contributed by atoms with E-state index in [4.69, 9.17) is 0 Å². The fourth-order valence-corrected chi connectivity index (χ4v) is 4.96. The van der Waals surface area contributed by atoms with Gasteiger partial charge < -0.3 is 5.32 Å². The van der Waals surface area contributed by atoms with Gasteiger partial charge in [-0.15, -0.1) is 23.1 Å². The van der Waals surface area contributed by atoms with E-state index in [0.717, 1.165) is 37.9 Å². The number of hydrogen-bond donors (Lipinski definition) is 1. The van der Waals surface area contributed by atoms with Gasteiger partial charge in [-0.1, -0.05) is 48.5 Å². The molecule has 1 aromatic heterocycles. The molecule has 4 nitrogen and oxygen atoms in total. The standard InChI is InChI=1S/C22H14N2O2S2/c25-19(24-22-23-10-11-27-22)12-28-18-9-8-14-13-4-1-2-5-15(13)21(26)17-7-3-6-16(18)20(14)17/h1-11H,12H2,(H,23,24,25). The summed E-state index contributed by atoms with van der Waals surface area (Å²) in [6, 6.07) is 17.6. The lowest BCUT2D eigenvalue weighted by Crippen LogP contribution is -2.14. The molecule has 0 aliphatic heterocycles. The third kappa shape index (κ3) is 2.82. The third-order valence-electron chi connectivity index (χ3n) is 4.74. The van der Waals surface area contributed by atoms with Gasteiger partial charge in [-0.2, -0.15) is 0 Å². The minimum Gasteiger partial charge on any atom is -0.301 e. The fourth-order valence-electron chi connectivity index (χ4n) is 3.56. The zero-order valence-corrected chi connectivity index (χ0v) is 16.3. The molecule has 0 atom stereocenters.